The maximum absolute atomic E-state index is 11.8. The summed E-state index contributed by atoms with van der Waals surface area (Å²) in [6, 6.07) is 3.55. The van der Waals surface area contributed by atoms with E-state index in [0.717, 1.165) is 44.1 Å². The molecule has 1 saturated heterocycles. The summed E-state index contributed by atoms with van der Waals surface area (Å²) in [5.41, 5.74) is 0.646. The molecule has 2 heterocycles. The van der Waals surface area contributed by atoms with Gasteiger partial charge in [0.1, 0.15) is 5.82 Å². The van der Waals surface area contributed by atoms with Crippen LogP contribution in [-0.4, -0.2) is 61.6 Å². The van der Waals surface area contributed by atoms with Crippen molar-refractivity contribution in [1.82, 2.24) is 9.88 Å². The van der Waals surface area contributed by atoms with Crippen molar-refractivity contribution in [2.24, 2.45) is 0 Å². The predicted octanol–water partition coefficient (Wildman–Crippen LogP) is 0.891. The molecule has 7 heteroatoms. The quantitative estimate of drug-likeness (QED) is 0.642. The van der Waals surface area contributed by atoms with Gasteiger partial charge in [-0.2, -0.15) is 0 Å². The smallest absolute Gasteiger partial charge is 0.330 e. The number of nitrogens with one attached hydrogen (secondary N) is 1. The predicted molar refractivity (Wildman–Crippen MR) is 88.3 cm³/mol. The van der Waals surface area contributed by atoms with Gasteiger partial charge >= 0.3 is 5.97 Å². The molecule has 0 unspecified atom stereocenters. The van der Waals surface area contributed by atoms with Crippen LogP contribution >= 0.6 is 0 Å². The minimum Gasteiger partial charge on any atom is -0.463 e. The zero-order valence-corrected chi connectivity index (χ0v) is 13.5. The molecule has 0 bridgehead atoms. The van der Waals surface area contributed by atoms with Gasteiger partial charge in [0, 0.05) is 56.3 Å². The number of hydrogen-bond acceptors (Lipinski definition) is 6. The summed E-state index contributed by atoms with van der Waals surface area (Å²) in [6.45, 7) is 5.78. The van der Waals surface area contributed by atoms with Crippen molar-refractivity contribution in [3.8, 4) is 0 Å². The first-order valence-electron chi connectivity index (χ1n) is 7.64. The van der Waals surface area contributed by atoms with Gasteiger partial charge < -0.3 is 19.9 Å². The third kappa shape index (κ3) is 5.37. The van der Waals surface area contributed by atoms with E-state index in [1.54, 1.807) is 19.2 Å². The van der Waals surface area contributed by atoms with Crippen LogP contribution in [0.5, 0.6) is 0 Å². The molecule has 2 rings (SSSR count). The molecular formula is C16H22N4O3. The first-order chi connectivity index (χ1) is 11.1. The topological polar surface area (TPSA) is 74.8 Å². The minimum atomic E-state index is -0.532. The van der Waals surface area contributed by atoms with E-state index in [1.165, 1.54) is 0 Å². The van der Waals surface area contributed by atoms with Crippen molar-refractivity contribution in [3.63, 3.8) is 0 Å². The van der Waals surface area contributed by atoms with Crippen molar-refractivity contribution < 1.29 is 14.3 Å². The molecule has 0 atom stereocenters. The van der Waals surface area contributed by atoms with E-state index < -0.39 is 5.97 Å². The van der Waals surface area contributed by atoms with Gasteiger partial charge in [-0.3, -0.25) is 4.79 Å². The van der Waals surface area contributed by atoms with Crippen LogP contribution < -0.4 is 10.2 Å². The number of carbonyl (C=O) groups excluding carboxylic acids is 2. The molecule has 1 N–H and O–H groups in total. The summed E-state index contributed by atoms with van der Waals surface area (Å²) in [5, 5.41) is 2.72. The number of rotatable bonds is 5. The van der Waals surface area contributed by atoms with Crippen LogP contribution in [-0.2, 0) is 14.3 Å². The molecule has 0 saturated carbocycles. The SMILES string of the molecule is CCOC(=O)/C=C/C(=O)Nc1ccnc(N2CCN(C)CC2)c1. The third-order valence-corrected chi connectivity index (χ3v) is 3.50. The Morgan fingerprint density at radius 2 is 2.04 bits per heavy atom. The van der Waals surface area contributed by atoms with E-state index in [2.05, 4.69) is 27.1 Å². The number of hydrogen-bond donors (Lipinski definition) is 1. The number of amides is 1. The Bertz CT molecular complexity index is 580. The largest absolute Gasteiger partial charge is 0.463 e. The maximum Gasteiger partial charge on any atom is 0.330 e. The molecule has 1 aromatic heterocycles. The van der Waals surface area contributed by atoms with Gasteiger partial charge in [-0.05, 0) is 20.0 Å². The van der Waals surface area contributed by atoms with Crippen LogP contribution in [0.1, 0.15) is 6.92 Å². The van der Waals surface area contributed by atoms with E-state index in [-0.39, 0.29) is 12.5 Å². The average Bonchev–Trinajstić information content (AvgIpc) is 2.54. The van der Waals surface area contributed by atoms with Crippen LogP contribution in [0.2, 0.25) is 0 Å². The summed E-state index contributed by atoms with van der Waals surface area (Å²) in [5.74, 6) is -0.0747. The summed E-state index contributed by atoms with van der Waals surface area (Å²) in [6.07, 6.45) is 3.94. The number of pyridine rings is 1. The molecule has 0 aliphatic carbocycles. The highest BCUT2D eigenvalue weighted by molar-refractivity contribution is 6.02. The third-order valence-electron chi connectivity index (χ3n) is 3.50. The van der Waals surface area contributed by atoms with Crippen LogP contribution in [0.15, 0.2) is 30.5 Å². The van der Waals surface area contributed by atoms with Crippen LogP contribution in [0.4, 0.5) is 11.5 Å². The number of piperazine rings is 1. The highest BCUT2D eigenvalue weighted by Crippen LogP contribution is 2.17. The normalized spacial score (nSPS) is 15.7. The molecule has 1 amide bonds. The van der Waals surface area contributed by atoms with E-state index >= 15 is 0 Å². The first kappa shape index (κ1) is 17.0. The molecule has 1 fully saturated rings. The van der Waals surface area contributed by atoms with Crippen LogP contribution in [0.3, 0.4) is 0 Å². The molecule has 1 aliphatic heterocycles. The van der Waals surface area contributed by atoms with Gasteiger partial charge in [-0.1, -0.05) is 0 Å². The Morgan fingerprint density at radius 1 is 1.30 bits per heavy atom. The lowest BCUT2D eigenvalue weighted by Gasteiger charge is -2.33. The van der Waals surface area contributed by atoms with Gasteiger partial charge in [0.15, 0.2) is 0 Å². The lowest BCUT2D eigenvalue weighted by atomic mass is 10.3. The van der Waals surface area contributed by atoms with Crippen molar-refractivity contribution in [2.45, 2.75) is 6.92 Å². The van der Waals surface area contributed by atoms with Crippen molar-refractivity contribution in [2.75, 3.05) is 50.1 Å². The zero-order valence-electron chi connectivity index (χ0n) is 13.5. The summed E-state index contributed by atoms with van der Waals surface area (Å²) < 4.78 is 4.72. The van der Waals surface area contributed by atoms with E-state index in [1.807, 2.05) is 6.07 Å². The number of likely N-dealkylation sites (N-methyl/N-ethyl adjacent to an activating group) is 1. The highest BCUT2D eigenvalue weighted by Gasteiger charge is 2.15. The van der Waals surface area contributed by atoms with E-state index in [9.17, 15) is 9.59 Å². The van der Waals surface area contributed by atoms with Gasteiger partial charge in [-0.25, -0.2) is 9.78 Å². The van der Waals surface area contributed by atoms with Crippen molar-refractivity contribution >= 4 is 23.4 Å². The Labute approximate surface area is 135 Å². The molecule has 1 aromatic rings. The summed E-state index contributed by atoms with van der Waals surface area (Å²) >= 11 is 0. The number of carbonyl (C=O) groups is 2. The fourth-order valence-corrected chi connectivity index (χ4v) is 2.22. The standard InChI is InChI=1S/C16H22N4O3/c1-3-23-16(22)5-4-15(21)18-13-6-7-17-14(12-13)20-10-8-19(2)9-11-20/h4-7,12H,3,8-11H2,1-2H3,(H,17,18,21)/b5-4+. The van der Waals surface area contributed by atoms with E-state index in [0.29, 0.717) is 5.69 Å². The molecule has 0 radical (unpaired) electrons. The van der Waals surface area contributed by atoms with E-state index in [4.69, 9.17) is 4.74 Å². The lowest BCUT2D eigenvalue weighted by Crippen LogP contribution is -2.44. The zero-order chi connectivity index (χ0) is 16.7. The second-order valence-electron chi connectivity index (χ2n) is 5.27. The molecule has 1 aliphatic rings. The van der Waals surface area contributed by atoms with Gasteiger partial charge in [0.25, 0.3) is 0 Å². The molecule has 23 heavy (non-hydrogen) atoms. The highest BCUT2D eigenvalue weighted by atomic mass is 16.5. The number of ether oxygens (including phenoxy) is 1. The molecule has 0 spiro atoms. The number of anilines is 2. The minimum absolute atomic E-state index is 0.281. The second kappa shape index (κ2) is 8.28. The maximum atomic E-state index is 11.8. The molecule has 124 valence electrons. The number of nitrogens with zero attached hydrogens (tertiary/aromatic N) is 3. The van der Waals surface area contributed by atoms with Gasteiger partial charge in [0.05, 0.1) is 6.61 Å². The van der Waals surface area contributed by atoms with Crippen molar-refractivity contribution in [3.05, 3.63) is 30.5 Å². The molecule has 0 aromatic carbocycles. The Balaban J connectivity index is 1.94. The van der Waals surface area contributed by atoms with Crippen molar-refractivity contribution in [1.29, 1.82) is 0 Å². The fraction of sp³-hybridized carbons (Fsp3) is 0.438. The Hall–Kier alpha value is -2.41. The van der Waals surface area contributed by atoms with Crippen LogP contribution in [0.25, 0.3) is 0 Å². The van der Waals surface area contributed by atoms with Crippen LogP contribution in [0, 0.1) is 0 Å². The monoisotopic (exact) mass is 318 g/mol. The molecular weight excluding hydrogens is 296 g/mol. The molecule has 7 nitrogen and oxygen atoms in total. The summed E-state index contributed by atoms with van der Waals surface area (Å²) in [7, 11) is 2.09. The fourth-order valence-electron chi connectivity index (χ4n) is 2.22. The second-order valence-corrected chi connectivity index (χ2v) is 5.27. The Kier molecular flexibility index (Phi) is 6.10. The number of aromatic nitrogens is 1. The number of esters is 1. The van der Waals surface area contributed by atoms with Gasteiger partial charge in [-0.15, -0.1) is 0 Å². The summed E-state index contributed by atoms with van der Waals surface area (Å²) in [4.78, 5) is 31.8. The lowest BCUT2D eigenvalue weighted by molar-refractivity contribution is -0.137. The average molecular weight is 318 g/mol. The Morgan fingerprint density at radius 3 is 2.74 bits per heavy atom. The first-order valence-corrected chi connectivity index (χ1v) is 7.64. The van der Waals surface area contributed by atoms with Gasteiger partial charge in [0.2, 0.25) is 5.91 Å².